The number of fused-ring (bicyclic) bond motifs is 1. The first-order valence-electron chi connectivity index (χ1n) is 8.20. The lowest BCUT2D eigenvalue weighted by molar-refractivity contribution is -0.116. The molecule has 1 N–H and O–H groups in total. The molecule has 0 aliphatic rings. The van der Waals surface area contributed by atoms with E-state index < -0.39 is 0 Å². The van der Waals surface area contributed by atoms with Gasteiger partial charge in [0.05, 0.1) is 5.69 Å². The zero-order chi connectivity index (χ0) is 16.9. The molecule has 0 saturated heterocycles. The Balaban J connectivity index is 1.77. The lowest BCUT2D eigenvalue weighted by Gasteiger charge is -2.06. The van der Waals surface area contributed by atoms with Gasteiger partial charge in [-0.05, 0) is 46.6 Å². The zero-order valence-electron chi connectivity index (χ0n) is 13.6. The minimum atomic E-state index is 0.0690. The average Bonchev–Trinajstić information content (AvgIpc) is 2.98. The molecule has 0 aliphatic carbocycles. The number of carbonyl (C=O) groups is 1. The number of pyridine rings is 1. The maximum atomic E-state index is 12.0. The number of unbranched alkanes of at least 4 members (excludes halogenated alkanes) is 2. The van der Waals surface area contributed by atoms with Gasteiger partial charge in [0.1, 0.15) is 5.65 Å². The Hall–Kier alpha value is -2.14. The molecule has 1 aromatic carbocycles. The van der Waals surface area contributed by atoms with Crippen molar-refractivity contribution in [3.63, 3.8) is 0 Å². The Morgan fingerprint density at radius 1 is 1.21 bits per heavy atom. The van der Waals surface area contributed by atoms with Gasteiger partial charge < -0.3 is 9.72 Å². The minimum Gasteiger partial charge on any atom is -0.326 e. The summed E-state index contributed by atoms with van der Waals surface area (Å²) in [7, 11) is 0. The molecule has 0 fully saturated rings. The van der Waals surface area contributed by atoms with Crippen molar-refractivity contribution in [2.24, 2.45) is 0 Å². The second-order valence-corrected chi connectivity index (χ2v) is 6.74. The van der Waals surface area contributed by atoms with Crippen molar-refractivity contribution in [2.75, 3.05) is 5.32 Å². The number of hydrogen-bond acceptors (Lipinski definition) is 2. The summed E-state index contributed by atoms with van der Waals surface area (Å²) in [6.07, 6.45) is 7.67. The van der Waals surface area contributed by atoms with Crippen molar-refractivity contribution < 1.29 is 4.79 Å². The summed E-state index contributed by atoms with van der Waals surface area (Å²) in [4.78, 5) is 16.6. The molecule has 0 saturated carbocycles. The molecule has 3 rings (SSSR count). The number of halogens is 1. The van der Waals surface area contributed by atoms with E-state index in [-0.39, 0.29) is 5.91 Å². The lowest BCUT2D eigenvalue weighted by Crippen LogP contribution is -2.10. The molecule has 2 heterocycles. The smallest absolute Gasteiger partial charge is 0.224 e. The van der Waals surface area contributed by atoms with Crippen LogP contribution in [0, 0.1) is 0 Å². The Labute approximate surface area is 150 Å². The fraction of sp³-hybridized carbons (Fsp3) is 0.263. The van der Waals surface area contributed by atoms with E-state index in [0.717, 1.165) is 46.3 Å². The van der Waals surface area contributed by atoms with Crippen molar-refractivity contribution in [3.05, 3.63) is 53.3 Å². The number of rotatable bonds is 6. The van der Waals surface area contributed by atoms with E-state index in [1.54, 1.807) is 0 Å². The van der Waals surface area contributed by atoms with E-state index in [1.807, 2.05) is 53.2 Å². The van der Waals surface area contributed by atoms with E-state index in [9.17, 15) is 4.79 Å². The number of carbonyl (C=O) groups excluding carboxylic acids is 1. The third kappa shape index (κ3) is 4.03. The van der Waals surface area contributed by atoms with Crippen LogP contribution in [0.3, 0.4) is 0 Å². The van der Waals surface area contributed by atoms with Crippen molar-refractivity contribution in [1.29, 1.82) is 0 Å². The highest BCUT2D eigenvalue weighted by atomic mass is 79.9. The summed E-state index contributed by atoms with van der Waals surface area (Å²) >= 11 is 3.47. The van der Waals surface area contributed by atoms with Gasteiger partial charge >= 0.3 is 0 Å². The fourth-order valence-corrected chi connectivity index (χ4v) is 2.97. The van der Waals surface area contributed by atoms with Crippen LogP contribution in [-0.2, 0) is 4.79 Å². The second kappa shape index (κ2) is 7.62. The number of aromatic nitrogens is 2. The molecular formula is C19H20BrN3O. The van der Waals surface area contributed by atoms with Gasteiger partial charge in [0.2, 0.25) is 5.91 Å². The predicted octanol–water partition coefficient (Wildman–Crippen LogP) is 5.28. The Morgan fingerprint density at radius 3 is 2.92 bits per heavy atom. The minimum absolute atomic E-state index is 0.0690. The average molecular weight is 386 g/mol. The van der Waals surface area contributed by atoms with Crippen LogP contribution in [0.2, 0.25) is 0 Å². The molecule has 1 amide bonds. The first-order chi connectivity index (χ1) is 11.7. The SMILES string of the molecule is CCCCCC(=O)Nc1cccc(-c2cn3cc(Br)ccc3n2)c1. The van der Waals surface area contributed by atoms with Crippen molar-refractivity contribution in [1.82, 2.24) is 9.38 Å². The van der Waals surface area contributed by atoms with Crippen molar-refractivity contribution in [3.8, 4) is 11.3 Å². The van der Waals surface area contributed by atoms with Gasteiger partial charge in [0.15, 0.2) is 0 Å². The molecule has 3 aromatic rings. The van der Waals surface area contributed by atoms with Gasteiger partial charge in [-0.25, -0.2) is 4.98 Å². The van der Waals surface area contributed by atoms with Crippen molar-refractivity contribution >= 4 is 33.2 Å². The third-order valence-electron chi connectivity index (χ3n) is 3.86. The van der Waals surface area contributed by atoms with Gasteiger partial charge in [0.25, 0.3) is 0 Å². The Bertz CT molecular complexity index is 857. The first kappa shape index (κ1) is 16.7. The molecule has 24 heavy (non-hydrogen) atoms. The van der Waals surface area contributed by atoms with E-state index in [2.05, 4.69) is 33.2 Å². The quantitative estimate of drug-likeness (QED) is 0.586. The zero-order valence-corrected chi connectivity index (χ0v) is 15.2. The van der Waals surface area contributed by atoms with Gasteiger partial charge in [-0.2, -0.15) is 0 Å². The highest BCUT2D eigenvalue weighted by Crippen LogP contribution is 2.23. The molecule has 0 radical (unpaired) electrons. The molecular weight excluding hydrogens is 366 g/mol. The summed E-state index contributed by atoms with van der Waals surface area (Å²) in [5, 5.41) is 2.97. The van der Waals surface area contributed by atoms with Crippen molar-refractivity contribution in [2.45, 2.75) is 32.6 Å². The predicted molar refractivity (Wildman–Crippen MR) is 101 cm³/mol. The number of nitrogens with one attached hydrogen (secondary N) is 1. The number of anilines is 1. The molecule has 0 atom stereocenters. The van der Waals surface area contributed by atoms with E-state index in [4.69, 9.17) is 0 Å². The number of imidazole rings is 1. The van der Waals surface area contributed by atoms with Gasteiger partial charge in [-0.15, -0.1) is 0 Å². The van der Waals surface area contributed by atoms with Crippen LogP contribution in [0.1, 0.15) is 32.6 Å². The summed E-state index contributed by atoms with van der Waals surface area (Å²) in [6, 6.07) is 11.8. The first-order valence-corrected chi connectivity index (χ1v) is 8.99. The highest BCUT2D eigenvalue weighted by Gasteiger charge is 2.07. The van der Waals surface area contributed by atoms with Crippen LogP contribution >= 0.6 is 15.9 Å². The number of nitrogens with zero attached hydrogens (tertiary/aromatic N) is 2. The largest absolute Gasteiger partial charge is 0.326 e. The van der Waals surface area contributed by atoms with E-state index >= 15 is 0 Å². The van der Waals surface area contributed by atoms with Crippen LogP contribution in [0.15, 0.2) is 53.3 Å². The summed E-state index contributed by atoms with van der Waals surface area (Å²) < 4.78 is 2.99. The van der Waals surface area contributed by atoms with Crippen LogP contribution < -0.4 is 5.32 Å². The summed E-state index contributed by atoms with van der Waals surface area (Å²) in [5.74, 6) is 0.0690. The topological polar surface area (TPSA) is 46.4 Å². The van der Waals surface area contributed by atoms with Gasteiger partial charge in [-0.3, -0.25) is 4.79 Å². The molecule has 0 aliphatic heterocycles. The monoisotopic (exact) mass is 385 g/mol. The van der Waals surface area contributed by atoms with E-state index in [1.165, 1.54) is 0 Å². The van der Waals surface area contributed by atoms with Crippen LogP contribution in [-0.4, -0.2) is 15.3 Å². The molecule has 124 valence electrons. The summed E-state index contributed by atoms with van der Waals surface area (Å²) in [5.41, 5.74) is 3.57. The molecule has 4 nitrogen and oxygen atoms in total. The lowest BCUT2D eigenvalue weighted by atomic mass is 10.1. The number of benzene rings is 1. The fourth-order valence-electron chi connectivity index (χ4n) is 2.62. The van der Waals surface area contributed by atoms with E-state index in [0.29, 0.717) is 6.42 Å². The standard InChI is InChI=1S/C19H20BrN3O/c1-2-3-4-8-19(24)21-16-7-5-6-14(11-16)17-13-23-12-15(20)9-10-18(23)22-17/h5-7,9-13H,2-4,8H2,1H3,(H,21,24). The Kier molecular flexibility index (Phi) is 5.30. The molecule has 0 unspecified atom stereocenters. The molecule has 0 bridgehead atoms. The second-order valence-electron chi connectivity index (χ2n) is 5.83. The summed E-state index contributed by atoms with van der Waals surface area (Å²) in [6.45, 7) is 2.13. The molecule has 2 aromatic heterocycles. The van der Waals surface area contributed by atoms with Crippen LogP contribution in [0.5, 0.6) is 0 Å². The van der Waals surface area contributed by atoms with Gasteiger partial charge in [0, 0.05) is 34.5 Å². The Morgan fingerprint density at radius 2 is 2.08 bits per heavy atom. The number of hydrogen-bond donors (Lipinski definition) is 1. The van der Waals surface area contributed by atoms with Crippen LogP contribution in [0.25, 0.3) is 16.9 Å². The normalized spacial score (nSPS) is 10.9. The molecule has 5 heteroatoms. The maximum Gasteiger partial charge on any atom is 0.224 e. The van der Waals surface area contributed by atoms with Gasteiger partial charge in [-0.1, -0.05) is 31.9 Å². The third-order valence-corrected chi connectivity index (χ3v) is 4.33. The maximum absolute atomic E-state index is 12.0. The van der Waals surface area contributed by atoms with Crippen LogP contribution in [0.4, 0.5) is 5.69 Å². The number of amides is 1. The molecule has 0 spiro atoms. The highest BCUT2D eigenvalue weighted by molar-refractivity contribution is 9.10.